The third-order valence-corrected chi connectivity index (χ3v) is 7.33. The van der Waals surface area contributed by atoms with Gasteiger partial charge in [-0.15, -0.1) is 12.3 Å². The van der Waals surface area contributed by atoms with Crippen LogP contribution < -0.4 is 16.6 Å². The largest absolute Gasteiger partial charge is 0.449 e. The van der Waals surface area contributed by atoms with E-state index in [1.54, 1.807) is 21.6 Å². The first kappa shape index (κ1) is 30.2. The molecule has 1 amide bonds. The lowest BCUT2D eigenvalue weighted by atomic mass is 10.2. The van der Waals surface area contributed by atoms with Crippen LogP contribution in [0.2, 0.25) is 0 Å². The van der Waals surface area contributed by atoms with Crippen molar-refractivity contribution in [1.82, 2.24) is 14.9 Å². The summed E-state index contributed by atoms with van der Waals surface area (Å²) in [6.07, 6.45) is 6.60. The molecule has 0 radical (unpaired) electrons. The number of hydrogen-bond acceptors (Lipinski definition) is 10. The van der Waals surface area contributed by atoms with Crippen molar-refractivity contribution < 1.29 is 24.1 Å². The molecule has 2 heterocycles. The van der Waals surface area contributed by atoms with Crippen molar-refractivity contribution in [3.05, 3.63) is 43.0 Å². The molecule has 0 aliphatic carbocycles. The van der Waals surface area contributed by atoms with Gasteiger partial charge < -0.3 is 24.6 Å². The molecule has 200 valence electrons. The van der Waals surface area contributed by atoms with Gasteiger partial charge in [-0.2, -0.15) is 0 Å². The van der Waals surface area contributed by atoms with Crippen LogP contribution in [0.4, 0.5) is 4.79 Å². The fraction of sp³-hybridized carbons (Fsp3) is 0.591. The molecule has 1 aliphatic heterocycles. The first-order valence-corrected chi connectivity index (χ1v) is 13.8. The fourth-order valence-corrected chi connectivity index (χ4v) is 5.11. The lowest BCUT2D eigenvalue weighted by molar-refractivity contribution is -0.0612. The summed E-state index contributed by atoms with van der Waals surface area (Å²) >= 11 is 0. The van der Waals surface area contributed by atoms with Crippen molar-refractivity contribution in [3.8, 4) is 24.2 Å². The number of nitrogens with one attached hydrogen (secondary N) is 2. The molecule has 0 saturated carbocycles. The van der Waals surface area contributed by atoms with Gasteiger partial charge in [0.25, 0.3) is 5.56 Å². The van der Waals surface area contributed by atoms with E-state index in [0.717, 1.165) is 29.6 Å². The maximum Gasteiger partial charge on any atom is 0.407 e. The minimum Gasteiger partial charge on any atom is -0.449 e. The number of amides is 1. The van der Waals surface area contributed by atoms with Gasteiger partial charge in [0.05, 0.1) is 19.3 Å². The van der Waals surface area contributed by atoms with Crippen molar-refractivity contribution >= 4 is 27.7 Å². The Balaban J connectivity index is 1.82. The number of aliphatic hydroxyl groups excluding tert-OH is 1. The third kappa shape index (κ3) is 10.9. The van der Waals surface area contributed by atoms with E-state index >= 15 is 0 Å². The van der Waals surface area contributed by atoms with E-state index in [0.29, 0.717) is 5.75 Å². The van der Waals surface area contributed by atoms with E-state index in [9.17, 15) is 19.5 Å². The molecule has 1 aromatic heterocycles. The van der Waals surface area contributed by atoms with Gasteiger partial charge in [-0.1, -0.05) is 38.5 Å². The summed E-state index contributed by atoms with van der Waals surface area (Å²) in [7, 11) is 3.32. The zero-order chi connectivity index (χ0) is 26.9. The predicted octanol–water partition coefficient (Wildman–Crippen LogP) is 1.73. The molecule has 1 aromatic rings. The van der Waals surface area contributed by atoms with Gasteiger partial charge in [0, 0.05) is 35.5 Å². The number of alkyl carbamates (subject to hydrolysis) is 1. The van der Waals surface area contributed by atoms with Gasteiger partial charge >= 0.3 is 11.8 Å². The molecule has 0 bridgehead atoms. The van der Waals surface area contributed by atoms with Gasteiger partial charge in [0.15, 0.2) is 0 Å². The second-order valence-electron chi connectivity index (χ2n) is 7.42. The SMILES string of the molecule is C#CCCCCSSCCOC(=O)NCC#Cc1cn([C@H]2CC(OCN=[N+]=[N-])[C@@H](CO)O2)c(=O)[nH]c1=O. The van der Waals surface area contributed by atoms with Gasteiger partial charge in [-0.05, 0) is 18.4 Å². The van der Waals surface area contributed by atoms with Crippen LogP contribution in [0.5, 0.6) is 0 Å². The molecule has 0 spiro atoms. The molecule has 1 aliphatic rings. The van der Waals surface area contributed by atoms with Crippen molar-refractivity contribution in [1.29, 1.82) is 0 Å². The van der Waals surface area contributed by atoms with E-state index in [1.165, 1.54) is 6.20 Å². The smallest absolute Gasteiger partial charge is 0.407 e. The molecule has 1 fully saturated rings. The number of azide groups is 1. The summed E-state index contributed by atoms with van der Waals surface area (Å²) in [5.74, 6) is 9.48. The zero-order valence-electron chi connectivity index (χ0n) is 20.0. The fourth-order valence-electron chi connectivity index (χ4n) is 3.13. The summed E-state index contributed by atoms with van der Waals surface area (Å²) in [4.78, 5) is 41.0. The highest BCUT2D eigenvalue weighted by Crippen LogP contribution is 2.29. The van der Waals surface area contributed by atoms with E-state index in [-0.39, 0.29) is 38.5 Å². The van der Waals surface area contributed by atoms with Crippen molar-refractivity contribution in [2.24, 2.45) is 5.11 Å². The summed E-state index contributed by atoms with van der Waals surface area (Å²) in [5.41, 5.74) is 6.93. The highest BCUT2D eigenvalue weighted by atomic mass is 33.1. The highest BCUT2D eigenvalue weighted by molar-refractivity contribution is 8.76. The average molecular weight is 553 g/mol. The van der Waals surface area contributed by atoms with Crippen LogP contribution in [-0.2, 0) is 14.2 Å². The lowest BCUT2D eigenvalue weighted by Crippen LogP contribution is -2.33. The first-order valence-electron chi connectivity index (χ1n) is 11.3. The Morgan fingerprint density at radius 3 is 2.97 bits per heavy atom. The van der Waals surface area contributed by atoms with Gasteiger partial charge in [-0.25, -0.2) is 9.59 Å². The monoisotopic (exact) mass is 552 g/mol. The van der Waals surface area contributed by atoms with Crippen LogP contribution in [0.1, 0.15) is 37.5 Å². The average Bonchev–Trinajstić information content (AvgIpc) is 3.29. The summed E-state index contributed by atoms with van der Waals surface area (Å²) in [5, 5.41) is 15.3. The second kappa shape index (κ2) is 17.4. The number of aromatic nitrogens is 2. The van der Waals surface area contributed by atoms with Gasteiger partial charge in [-0.3, -0.25) is 14.3 Å². The number of ether oxygens (including phenoxy) is 3. The van der Waals surface area contributed by atoms with E-state index in [1.807, 2.05) is 0 Å². The van der Waals surface area contributed by atoms with E-state index < -0.39 is 35.8 Å². The molecule has 3 N–H and O–H groups in total. The Hall–Kier alpha value is -3.04. The first-order chi connectivity index (χ1) is 18.0. The molecule has 3 atom stereocenters. The quantitative estimate of drug-likeness (QED) is 0.0773. The number of H-pyrrole nitrogens is 1. The third-order valence-electron chi connectivity index (χ3n) is 4.87. The Labute approximate surface area is 221 Å². The number of carbonyl (C=O) groups excluding carboxylic acids is 1. The Morgan fingerprint density at radius 1 is 1.41 bits per heavy atom. The molecular formula is C22H28N6O7S2. The maximum atomic E-state index is 12.3. The molecule has 37 heavy (non-hydrogen) atoms. The van der Waals surface area contributed by atoms with Crippen LogP contribution >= 0.6 is 21.6 Å². The Morgan fingerprint density at radius 2 is 2.22 bits per heavy atom. The van der Waals surface area contributed by atoms with Crippen molar-refractivity contribution in [2.75, 3.05) is 38.0 Å². The molecule has 1 unspecified atom stereocenters. The number of hydrogen-bond donors (Lipinski definition) is 3. The molecule has 13 nitrogen and oxygen atoms in total. The second-order valence-corrected chi connectivity index (χ2v) is 10.1. The van der Waals surface area contributed by atoms with Crippen molar-refractivity contribution in [2.45, 2.75) is 44.1 Å². The van der Waals surface area contributed by atoms with Gasteiger partial charge in [0.1, 0.15) is 31.2 Å². The molecule has 1 saturated heterocycles. The maximum absolute atomic E-state index is 12.3. The molecule has 15 heteroatoms. The Bertz CT molecular complexity index is 1150. The standard InChI is InChI=1S/C22H28N6O7S2/c1-2-3-4-5-10-36-37-11-9-33-22(32)24-8-6-7-16-13-28(21(31)26-20(16)30)19-12-17(18(14-29)35-19)34-15-25-27-23/h1,13,17-19,29H,3-5,8-12,14-15H2,(H,24,32)(H,26,30,31)/t17?,18-,19-/m1/s1. The zero-order valence-corrected chi connectivity index (χ0v) is 21.6. The molecule has 2 rings (SSSR count). The van der Waals surface area contributed by atoms with Crippen LogP contribution in [0.15, 0.2) is 20.9 Å². The van der Waals surface area contributed by atoms with E-state index in [2.05, 4.69) is 38.1 Å². The van der Waals surface area contributed by atoms with Gasteiger partial charge in [0.2, 0.25) is 0 Å². The highest BCUT2D eigenvalue weighted by Gasteiger charge is 2.37. The number of unbranched alkanes of at least 4 members (excludes halogenated alkanes) is 2. The number of nitrogens with zero attached hydrogens (tertiary/aromatic N) is 4. The number of aromatic amines is 1. The Kier molecular flexibility index (Phi) is 14.2. The topological polar surface area (TPSA) is 181 Å². The molecular weight excluding hydrogens is 524 g/mol. The van der Waals surface area contributed by atoms with E-state index in [4.69, 9.17) is 26.2 Å². The minimum absolute atomic E-state index is 0.0203. The number of terminal acetylenes is 1. The minimum atomic E-state index is -0.842. The van der Waals surface area contributed by atoms with Crippen LogP contribution in [-0.4, -0.2) is 71.0 Å². The van der Waals surface area contributed by atoms with Crippen LogP contribution in [0.3, 0.4) is 0 Å². The predicted molar refractivity (Wildman–Crippen MR) is 140 cm³/mol. The number of aliphatic hydroxyl groups is 1. The number of carbonyl (C=O) groups is 1. The van der Waals surface area contributed by atoms with Crippen molar-refractivity contribution in [3.63, 3.8) is 0 Å². The van der Waals surface area contributed by atoms with Crippen LogP contribution in [0, 0.1) is 24.2 Å². The number of rotatable bonds is 14. The van der Waals surface area contributed by atoms with Crippen LogP contribution in [0.25, 0.3) is 10.4 Å². The lowest BCUT2D eigenvalue weighted by Gasteiger charge is -2.15. The summed E-state index contributed by atoms with van der Waals surface area (Å²) in [6, 6.07) is 0. The summed E-state index contributed by atoms with van der Waals surface area (Å²) in [6.45, 7) is -0.466. The normalized spacial score (nSPS) is 18.2. The molecule has 0 aromatic carbocycles. The summed E-state index contributed by atoms with van der Waals surface area (Å²) < 4.78 is 17.2.